The monoisotopic (exact) mass is 384 g/mol. The molecule has 0 saturated carbocycles. The van der Waals surface area contributed by atoms with Crippen LogP contribution in [-0.2, 0) is 9.53 Å². The van der Waals surface area contributed by atoms with Gasteiger partial charge in [-0.1, -0.05) is 60.2 Å². The van der Waals surface area contributed by atoms with Crippen LogP contribution in [0.15, 0.2) is 59.6 Å². The highest BCUT2D eigenvalue weighted by Crippen LogP contribution is 2.42. The first-order valence-electron chi connectivity index (χ1n) is 8.51. The SMILES string of the molecule is COC(=O)[C@@]1([C@H](C[N+](=O)[O-])c2ccc(C)cc2)CSC(c2ccccc2)=N1. The van der Waals surface area contributed by atoms with Gasteiger partial charge in [0, 0.05) is 16.2 Å². The Bertz CT molecular complexity index is 867. The van der Waals surface area contributed by atoms with E-state index in [0.717, 1.165) is 11.1 Å². The van der Waals surface area contributed by atoms with Crippen molar-refractivity contribution in [1.82, 2.24) is 0 Å². The molecule has 1 heterocycles. The summed E-state index contributed by atoms with van der Waals surface area (Å²) in [6.07, 6.45) is 0. The Hall–Kier alpha value is -2.67. The molecule has 2 aromatic carbocycles. The van der Waals surface area contributed by atoms with Crippen LogP contribution in [0.1, 0.15) is 22.6 Å². The Morgan fingerprint density at radius 2 is 1.93 bits per heavy atom. The predicted molar refractivity (Wildman–Crippen MR) is 106 cm³/mol. The summed E-state index contributed by atoms with van der Waals surface area (Å²) >= 11 is 1.43. The van der Waals surface area contributed by atoms with E-state index in [4.69, 9.17) is 9.73 Å². The van der Waals surface area contributed by atoms with Crippen LogP contribution in [0.25, 0.3) is 0 Å². The van der Waals surface area contributed by atoms with E-state index in [1.54, 1.807) is 0 Å². The van der Waals surface area contributed by atoms with Gasteiger partial charge in [-0.3, -0.25) is 15.1 Å². The molecule has 2 atom stereocenters. The van der Waals surface area contributed by atoms with E-state index >= 15 is 0 Å². The maximum Gasteiger partial charge on any atom is 0.335 e. The second kappa shape index (κ2) is 7.92. The number of thioether (sulfide) groups is 1. The number of nitrogens with zero attached hydrogens (tertiary/aromatic N) is 2. The Kier molecular flexibility index (Phi) is 5.60. The van der Waals surface area contributed by atoms with Crippen molar-refractivity contribution in [2.24, 2.45) is 4.99 Å². The van der Waals surface area contributed by atoms with Gasteiger partial charge in [-0.05, 0) is 12.5 Å². The molecule has 0 aromatic heterocycles. The fraction of sp³-hybridized carbons (Fsp3) is 0.300. The standard InChI is InChI=1S/C20H20N2O4S/c1-14-8-10-15(11-9-14)17(12-22(24)25)20(19(23)26-2)13-27-18(21-20)16-6-4-3-5-7-16/h3-11,17H,12-13H2,1-2H3/t17-,20+/m1/s1. The number of ether oxygens (including phenoxy) is 1. The average Bonchev–Trinajstić information content (AvgIpc) is 3.13. The molecular weight excluding hydrogens is 364 g/mol. The van der Waals surface area contributed by atoms with Crippen LogP contribution in [0.2, 0.25) is 0 Å². The lowest BCUT2D eigenvalue weighted by Gasteiger charge is -2.29. The predicted octanol–water partition coefficient (Wildman–Crippen LogP) is 3.46. The highest BCUT2D eigenvalue weighted by molar-refractivity contribution is 8.14. The zero-order valence-corrected chi connectivity index (χ0v) is 15.9. The van der Waals surface area contributed by atoms with Gasteiger partial charge in [-0.25, -0.2) is 4.79 Å². The van der Waals surface area contributed by atoms with Crippen molar-refractivity contribution in [1.29, 1.82) is 0 Å². The number of hydrogen-bond donors (Lipinski definition) is 0. The first kappa shape index (κ1) is 19.1. The molecule has 3 rings (SSSR count). The highest BCUT2D eigenvalue weighted by atomic mass is 32.2. The van der Waals surface area contributed by atoms with Gasteiger partial charge < -0.3 is 4.74 Å². The zero-order chi connectivity index (χ0) is 19.4. The van der Waals surface area contributed by atoms with Crippen molar-refractivity contribution < 1.29 is 14.5 Å². The molecule has 0 fully saturated rings. The highest BCUT2D eigenvalue weighted by Gasteiger charge is 2.53. The van der Waals surface area contributed by atoms with Crippen molar-refractivity contribution in [3.8, 4) is 0 Å². The van der Waals surface area contributed by atoms with Gasteiger partial charge >= 0.3 is 5.97 Å². The van der Waals surface area contributed by atoms with Crippen LogP contribution >= 0.6 is 11.8 Å². The topological polar surface area (TPSA) is 81.8 Å². The van der Waals surface area contributed by atoms with Crippen LogP contribution < -0.4 is 0 Å². The fourth-order valence-corrected chi connectivity index (χ4v) is 4.51. The van der Waals surface area contributed by atoms with Gasteiger partial charge in [0.1, 0.15) is 0 Å². The Morgan fingerprint density at radius 1 is 1.26 bits per heavy atom. The molecule has 0 unspecified atom stereocenters. The lowest BCUT2D eigenvalue weighted by atomic mass is 9.80. The number of rotatable bonds is 6. The lowest BCUT2D eigenvalue weighted by Crippen LogP contribution is -2.47. The smallest absolute Gasteiger partial charge is 0.335 e. The third kappa shape index (κ3) is 3.88. The van der Waals surface area contributed by atoms with Crippen molar-refractivity contribution >= 4 is 22.8 Å². The third-order valence-corrected chi connectivity index (χ3v) is 5.86. The van der Waals surface area contributed by atoms with Crippen molar-refractivity contribution in [2.45, 2.75) is 18.4 Å². The van der Waals surface area contributed by atoms with E-state index in [1.807, 2.05) is 61.5 Å². The minimum Gasteiger partial charge on any atom is -0.467 e. The van der Waals surface area contributed by atoms with E-state index in [9.17, 15) is 14.9 Å². The second-order valence-corrected chi connectivity index (χ2v) is 7.43. The summed E-state index contributed by atoms with van der Waals surface area (Å²) in [6, 6.07) is 16.9. The summed E-state index contributed by atoms with van der Waals surface area (Å²) in [5.74, 6) is -0.960. The van der Waals surface area contributed by atoms with Crippen LogP contribution in [0, 0.1) is 17.0 Å². The van der Waals surface area contributed by atoms with Gasteiger partial charge in [0.25, 0.3) is 0 Å². The first-order chi connectivity index (χ1) is 13.0. The van der Waals surface area contributed by atoms with Crippen molar-refractivity contribution in [3.05, 3.63) is 81.4 Å². The minimum absolute atomic E-state index is 0.302. The van der Waals surface area contributed by atoms with Crippen LogP contribution in [-0.4, -0.2) is 40.9 Å². The molecule has 0 amide bonds. The zero-order valence-electron chi connectivity index (χ0n) is 15.1. The molecule has 0 saturated heterocycles. The molecule has 0 spiro atoms. The Labute approximate surface area is 161 Å². The van der Waals surface area contributed by atoms with Crippen molar-refractivity contribution in [3.63, 3.8) is 0 Å². The molecule has 2 aromatic rings. The summed E-state index contributed by atoms with van der Waals surface area (Å²) in [5, 5.41) is 12.1. The number of benzene rings is 2. The molecule has 1 aliphatic heterocycles. The van der Waals surface area contributed by atoms with E-state index < -0.39 is 28.9 Å². The molecule has 27 heavy (non-hydrogen) atoms. The number of carbonyl (C=O) groups is 1. The molecule has 0 aliphatic carbocycles. The normalized spacial score (nSPS) is 20.0. The van der Waals surface area contributed by atoms with Crippen LogP contribution in [0.4, 0.5) is 0 Å². The van der Waals surface area contributed by atoms with Gasteiger partial charge in [-0.15, -0.1) is 11.8 Å². The number of esters is 1. The molecular formula is C20H20N2O4S. The second-order valence-electron chi connectivity index (χ2n) is 6.47. The van der Waals surface area contributed by atoms with Gasteiger partial charge in [0.15, 0.2) is 5.54 Å². The van der Waals surface area contributed by atoms with Gasteiger partial charge in [0.05, 0.1) is 18.1 Å². The summed E-state index contributed by atoms with van der Waals surface area (Å²) < 4.78 is 5.05. The molecule has 0 N–H and O–H groups in total. The third-order valence-electron chi connectivity index (χ3n) is 4.68. The Balaban J connectivity index is 2.11. The summed E-state index contributed by atoms with van der Waals surface area (Å²) in [6.45, 7) is 1.55. The Morgan fingerprint density at radius 3 is 2.52 bits per heavy atom. The van der Waals surface area contributed by atoms with E-state index in [1.165, 1.54) is 18.9 Å². The number of hydrogen-bond acceptors (Lipinski definition) is 6. The van der Waals surface area contributed by atoms with E-state index in [2.05, 4.69) is 0 Å². The molecule has 7 heteroatoms. The van der Waals surface area contributed by atoms with Gasteiger partial charge in [0.2, 0.25) is 6.54 Å². The van der Waals surface area contributed by atoms with Gasteiger partial charge in [-0.2, -0.15) is 0 Å². The number of aliphatic imine (C=N–C) groups is 1. The first-order valence-corrected chi connectivity index (χ1v) is 9.49. The summed E-state index contributed by atoms with van der Waals surface area (Å²) in [5.41, 5.74) is 1.31. The molecule has 140 valence electrons. The molecule has 1 aliphatic rings. The number of carbonyl (C=O) groups excluding carboxylic acids is 1. The minimum atomic E-state index is -1.33. The summed E-state index contributed by atoms with van der Waals surface area (Å²) in [4.78, 5) is 28.5. The van der Waals surface area contributed by atoms with Crippen LogP contribution in [0.5, 0.6) is 0 Å². The van der Waals surface area contributed by atoms with Crippen molar-refractivity contribution in [2.75, 3.05) is 19.4 Å². The quantitative estimate of drug-likeness (QED) is 0.433. The van der Waals surface area contributed by atoms with Crippen LogP contribution in [0.3, 0.4) is 0 Å². The number of methoxy groups -OCH3 is 1. The summed E-state index contributed by atoms with van der Waals surface area (Å²) in [7, 11) is 1.29. The largest absolute Gasteiger partial charge is 0.467 e. The molecule has 0 radical (unpaired) electrons. The van der Waals surface area contributed by atoms with E-state index in [0.29, 0.717) is 16.4 Å². The molecule has 0 bridgehead atoms. The maximum absolute atomic E-state index is 12.8. The molecule has 6 nitrogen and oxygen atoms in total. The van der Waals surface area contributed by atoms with E-state index in [-0.39, 0.29) is 0 Å². The number of nitro groups is 1. The number of aryl methyl sites for hydroxylation is 1. The average molecular weight is 384 g/mol. The maximum atomic E-state index is 12.8. The lowest BCUT2D eigenvalue weighted by molar-refractivity contribution is -0.484. The fourth-order valence-electron chi connectivity index (χ4n) is 3.23.